The number of para-hydroxylation sites is 2. The van der Waals surface area contributed by atoms with E-state index in [2.05, 4.69) is 10.2 Å². The molecule has 0 atom stereocenters. The predicted octanol–water partition coefficient (Wildman–Crippen LogP) is 4.39. The summed E-state index contributed by atoms with van der Waals surface area (Å²) in [6.45, 7) is -0.545. The minimum atomic E-state index is -4.01. The Morgan fingerprint density at radius 2 is 1.53 bits per heavy atom. The Kier molecular flexibility index (Phi) is 5.74. The number of anilines is 1. The Balaban J connectivity index is 1.67. The number of hydrogen-bond acceptors (Lipinski definition) is 5. The smallest absolute Gasteiger partial charge is 0.285 e. The first kappa shape index (κ1) is 21.3. The van der Waals surface area contributed by atoms with E-state index in [9.17, 15) is 18.3 Å². The van der Waals surface area contributed by atoms with Crippen LogP contribution in [0.25, 0.3) is 10.9 Å². The average Bonchev–Trinajstić information content (AvgIpc) is 3.07. The fraction of sp³-hybridized carbons (Fsp3) is 0.0870. The van der Waals surface area contributed by atoms with Crippen LogP contribution in [0.3, 0.4) is 0 Å². The largest absolute Gasteiger partial charge is 0.493 e. The Hall–Kier alpha value is -3.98. The molecule has 0 spiro atoms. The molecule has 4 rings (SSSR count). The van der Waals surface area contributed by atoms with Gasteiger partial charge in [-0.2, -0.15) is 0 Å². The van der Waals surface area contributed by atoms with E-state index >= 15 is 0 Å². The number of aromatic nitrogens is 1. The summed E-state index contributed by atoms with van der Waals surface area (Å²) >= 11 is 0. The van der Waals surface area contributed by atoms with Crippen LogP contribution in [0.1, 0.15) is 0 Å². The molecular formula is C23H20N4O4S. The number of nitrogens with zero attached hydrogens (tertiary/aromatic N) is 4. The third kappa shape index (κ3) is 3.97. The van der Waals surface area contributed by atoms with Crippen molar-refractivity contribution in [2.45, 2.75) is 4.90 Å². The van der Waals surface area contributed by atoms with Crippen molar-refractivity contribution in [1.82, 2.24) is 4.57 Å². The summed E-state index contributed by atoms with van der Waals surface area (Å²) in [5, 5.41) is 18.6. The van der Waals surface area contributed by atoms with E-state index in [-0.39, 0.29) is 16.5 Å². The van der Waals surface area contributed by atoms with E-state index in [1.165, 1.54) is 16.7 Å². The van der Waals surface area contributed by atoms with E-state index in [1.54, 1.807) is 73.8 Å². The number of carbonyl (C=O) groups excluding carboxylic acids is 1. The van der Waals surface area contributed by atoms with Crippen LogP contribution in [0, 0.1) is 0 Å². The maximum absolute atomic E-state index is 13.2. The van der Waals surface area contributed by atoms with Crippen LogP contribution < -0.4 is 4.31 Å². The van der Waals surface area contributed by atoms with Crippen molar-refractivity contribution in [3.63, 3.8) is 0 Å². The van der Waals surface area contributed by atoms with E-state index in [4.69, 9.17) is 0 Å². The molecule has 4 aromatic rings. The molecule has 0 unspecified atom stereocenters. The molecule has 0 bridgehead atoms. The summed E-state index contributed by atoms with van der Waals surface area (Å²) in [6.07, 6.45) is 0. The molecule has 0 fully saturated rings. The van der Waals surface area contributed by atoms with Crippen molar-refractivity contribution >= 4 is 38.2 Å². The SMILES string of the molecule is Cn1c(O)c(N=NC(=O)CN(c2ccccc2)S(=O)(=O)c2ccccc2)c2ccccc21. The fourth-order valence-corrected chi connectivity index (χ4v) is 4.78. The van der Waals surface area contributed by atoms with Crippen LogP contribution in [0.15, 0.2) is 100 Å². The second kappa shape index (κ2) is 8.64. The van der Waals surface area contributed by atoms with Gasteiger partial charge in [-0.15, -0.1) is 10.2 Å². The molecule has 8 nitrogen and oxygen atoms in total. The number of aromatic hydroxyl groups is 1. The Morgan fingerprint density at radius 3 is 2.22 bits per heavy atom. The van der Waals surface area contributed by atoms with Crippen molar-refractivity contribution in [3.8, 4) is 5.88 Å². The highest BCUT2D eigenvalue weighted by Crippen LogP contribution is 2.37. The molecule has 0 saturated carbocycles. The van der Waals surface area contributed by atoms with Gasteiger partial charge in [0.2, 0.25) is 5.88 Å². The molecule has 162 valence electrons. The molecule has 0 aliphatic rings. The number of aryl methyl sites for hydroxylation is 1. The van der Waals surface area contributed by atoms with Crippen LogP contribution in [0.2, 0.25) is 0 Å². The number of fused-ring (bicyclic) bond motifs is 1. The van der Waals surface area contributed by atoms with Gasteiger partial charge in [-0.1, -0.05) is 54.6 Å². The summed E-state index contributed by atoms with van der Waals surface area (Å²) in [5.41, 5.74) is 1.20. The highest BCUT2D eigenvalue weighted by Gasteiger charge is 2.27. The van der Waals surface area contributed by atoms with Gasteiger partial charge < -0.3 is 9.67 Å². The number of azo groups is 1. The van der Waals surface area contributed by atoms with Gasteiger partial charge in [-0.25, -0.2) is 8.42 Å². The third-order valence-corrected chi connectivity index (χ3v) is 6.75. The maximum Gasteiger partial charge on any atom is 0.285 e. The minimum Gasteiger partial charge on any atom is -0.493 e. The molecule has 1 amide bonds. The molecule has 9 heteroatoms. The lowest BCUT2D eigenvalue weighted by Crippen LogP contribution is -2.35. The molecule has 0 aliphatic carbocycles. The zero-order valence-electron chi connectivity index (χ0n) is 17.2. The summed E-state index contributed by atoms with van der Waals surface area (Å²) in [6, 6.07) is 23.3. The molecule has 0 saturated heterocycles. The van der Waals surface area contributed by atoms with Crippen LogP contribution in [0.4, 0.5) is 11.4 Å². The average molecular weight is 449 g/mol. The first-order valence-electron chi connectivity index (χ1n) is 9.73. The summed E-state index contributed by atoms with van der Waals surface area (Å²) < 4.78 is 29.0. The second-order valence-corrected chi connectivity index (χ2v) is 8.86. The van der Waals surface area contributed by atoms with E-state index in [1.807, 2.05) is 6.07 Å². The van der Waals surface area contributed by atoms with E-state index in [0.717, 1.165) is 9.82 Å². The summed E-state index contributed by atoms with van der Waals surface area (Å²) in [4.78, 5) is 12.7. The Bertz CT molecular complexity index is 1400. The quantitative estimate of drug-likeness (QED) is 0.442. The number of benzene rings is 3. The van der Waals surface area contributed by atoms with Crippen LogP contribution in [-0.2, 0) is 21.9 Å². The number of sulfonamides is 1. The fourth-order valence-electron chi connectivity index (χ4n) is 3.35. The van der Waals surface area contributed by atoms with Crippen molar-refractivity contribution < 1.29 is 18.3 Å². The lowest BCUT2D eigenvalue weighted by atomic mass is 10.2. The number of hydrogen-bond donors (Lipinski definition) is 1. The molecule has 1 heterocycles. The van der Waals surface area contributed by atoms with Gasteiger partial charge in [0.25, 0.3) is 15.9 Å². The molecule has 1 aromatic heterocycles. The summed E-state index contributed by atoms with van der Waals surface area (Å²) in [7, 11) is -2.34. The monoisotopic (exact) mass is 448 g/mol. The summed E-state index contributed by atoms with van der Waals surface area (Å²) in [5.74, 6) is -0.916. The molecule has 3 aromatic carbocycles. The normalized spacial score (nSPS) is 11.8. The molecule has 32 heavy (non-hydrogen) atoms. The van der Waals surface area contributed by atoms with Gasteiger partial charge in [-0.05, 0) is 30.3 Å². The third-order valence-electron chi connectivity index (χ3n) is 4.97. The lowest BCUT2D eigenvalue weighted by molar-refractivity contribution is -0.116. The Labute approximate surface area is 185 Å². The number of carbonyl (C=O) groups is 1. The Morgan fingerprint density at radius 1 is 0.938 bits per heavy atom. The first-order valence-corrected chi connectivity index (χ1v) is 11.2. The van der Waals surface area contributed by atoms with Crippen molar-refractivity contribution in [3.05, 3.63) is 84.9 Å². The first-order chi connectivity index (χ1) is 15.4. The predicted molar refractivity (Wildman–Crippen MR) is 122 cm³/mol. The van der Waals surface area contributed by atoms with Gasteiger partial charge in [0.1, 0.15) is 6.54 Å². The van der Waals surface area contributed by atoms with Gasteiger partial charge in [0.05, 0.1) is 16.1 Å². The zero-order valence-corrected chi connectivity index (χ0v) is 18.0. The maximum atomic E-state index is 13.2. The standard InChI is InChI=1S/C23H20N4O4S/c1-26-20-15-9-8-14-19(20)22(23(26)29)25-24-21(28)16-27(17-10-4-2-5-11-17)32(30,31)18-12-6-3-7-13-18/h2-15,29H,16H2,1H3. The highest BCUT2D eigenvalue weighted by atomic mass is 32.2. The lowest BCUT2D eigenvalue weighted by Gasteiger charge is -2.22. The highest BCUT2D eigenvalue weighted by molar-refractivity contribution is 7.92. The van der Waals surface area contributed by atoms with Crippen molar-refractivity contribution in [2.75, 3.05) is 10.8 Å². The molecule has 1 N–H and O–H groups in total. The zero-order chi connectivity index (χ0) is 22.7. The van der Waals surface area contributed by atoms with E-state index < -0.39 is 22.5 Å². The topological polar surface area (TPSA) is 104 Å². The van der Waals surface area contributed by atoms with Crippen LogP contribution in [-0.4, -0.2) is 30.5 Å². The van der Waals surface area contributed by atoms with Crippen molar-refractivity contribution in [1.29, 1.82) is 0 Å². The van der Waals surface area contributed by atoms with E-state index in [0.29, 0.717) is 11.1 Å². The van der Waals surface area contributed by atoms with Gasteiger partial charge >= 0.3 is 0 Å². The second-order valence-electron chi connectivity index (χ2n) is 7.00. The minimum absolute atomic E-state index is 0.0558. The van der Waals surface area contributed by atoms with Crippen LogP contribution >= 0.6 is 0 Å². The van der Waals surface area contributed by atoms with Gasteiger partial charge in [0, 0.05) is 12.4 Å². The number of amides is 1. The van der Waals surface area contributed by atoms with Crippen LogP contribution in [0.5, 0.6) is 5.88 Å². The van der Waals surface area contributed by atoms with Crippen molar-refractivity contribution in [2.24, 2.45) is 17.3 Å². The molecule has 0 aliphatic heterocycles. The van der Waals surface area contributed by atoms with Gasteiger partial charge in [-0.3, -0.25) is 9.10 Å². The molecule has 0 radical (unpaired) electrons. The van der Waals surface area contributed by atoms with Gasteiger partial charge in [0.15, 0.2) is 5.69 Å². The number of rotatable bonds is 6. The molecular weight excluding hydrogens is 428 g/mol.